The molecule has 2 aliphatic rings. The monoisotopic (exact) mass is 434 g/mol. The van der Waals surface area contributed by atoms with Crippen LogP contribution in [0.25, 0.3) is 11.1 Å². The third kappa shape index (κ3) is 5.54. The van der Waals surface area contributed by atoms with Gasteiger partial charge in [0.05, 0.1) is 0 Å². The number of benzene rings is 2. The lowest BCUT2D eigenvalue weighted by molar-refractivity contribution is 0.218. The first kappa shape index (κ1) is 22.9. The summed E-state index contributed by atoms with van der Waals surface area (Å²) in [4.78, 5) is 4.89. The largest absolute Gasteiger partial charge is 0.508 e. The summed E-state index contributed by atoms with van der Waals surface area (Å²) >= 11 is 0. The SMILES string of the molecule is CC(=C(C)c1ccc(O)c(CN2CCCCC2)c1)c1ccc(O)c(CN2CCCCC2)c1. The van der Waals surface area contributed by atoms with Crippen LogP contribution >= 0.6 is 0 Å². The van der Waals surface area contributed by atoms with Crippen LogP contribution in [0.15, 0.2) is 36.4 Å². The first-order chi connectivity index (χ1) is 15.5. The Balaban J connectivity index is 1.56. The van der Waals surface area contributed by atoms with Gasteiger partial charge in [0, 0.05) is 24.2 Å². The molecular weight excluding hydrogens is 396 g/mol. The van der Waals surface area contributed by atoms with Crippen molar-refractivity contribution in [1.29, 1.82) is 0 Å². The fourth-order valence-corrected chi connectivity index (χ4v) is 5.04. The molecule has 172 valence electrons. The average molecular weight is 435 g/mol. The molecule has 0 bridgehead atoms. The Kier molecular flexibility index (Phi) is 7.54. The van der Waals surface area contributed by atoms with Crippen molar-refractivity contribution in [3.05, 3.63) is 58.7 Å². The van der Waals surface area contributed by atoms with E-state index in [9.17, 15) is 10.2 Å². The fraction of sp³-hybridized carbons (Fsp3) is 0.500. The van der Waals surface area contributed by atoms with Crippen LogP contribution in [0.3, 0.4) is 0 Å². The summed E-state index contributed by atoms with van der Waals surface area (Å²) < 4.78 is 0. The van der Waals surface area contributed by atoms with E-state index in [-0.39, 0.29) is 0 Å². The highest BCUT2D eigenvalue weighted by molar-refractivity contribution is 5.89. The molecule has 2 aliphatic heterocycles. The van der Waals surface area contributed by atoms with Crippen LogP contribution in [-0.2, 0) is 13.1 Å². The van der Waals surface area contributed by atoms with Gasteiger partial charge >= 0.3 is 0 Å². The van der Waals surface area contributed by atoms with Gasteiger partial charge in [-0.15, -0.1) is 0 Å². The lowest BCUT2D eigenvalue weighted by Crippen LogP contribution is -2.29. The van der Waals surface area contributed by atoms with Crippen molar-refractivity contribution in [2.75, 3.05) is 26.2 Å². The minimum absolute atomic E-state index is 0.387. The van der Waals surface area contributed by atoms with Gasteiger partial charge < -0.3 is 10.2 Å². The second-order valence-electron chi connectivity index (χ2n) is 9.61. The number of likely N-dealkylation sites (tertiary alicyclic amines) is 2. The molecule has 2 N–H and O–H groups in total. The predicted molar refractivity (Wildman–Crippen MR) is 133 cm³/mol. The Bertz CT molecular complexity index is 876. The van der Waals surface area contributed by atoms with Gasteiger partial charge in [-0.2, -0.15) is 0 Å². The van der Waals surface area contributed by atoms with E-state index >= 15 is 0 Å². The third-order valence-electron chi connectivity index (χ3n) is 7.27. The van der Waals surface area contributed by atoms with Crippen LogP contribution in [-0.4, -0.2) is 46.2 Å². The molecule has 0 radical (unpaired) electrons. The predicted octanol–water partition coefficient (Wildman–Crippen LogP) is 6.02. The zero-order valence-electron chi connectivity index (χ0n) is 19.7. The molecule has 4 rings (SSSR count). The quantitative estimate of drug-likeness (QED) is 0.546. The average Bonchev–Trinajstić information content (AvgIpc) is 2.82. The first-order valence-electron chi connectivity index (χ1n) is 12.3. The van der Waals surface area contributed by atoms with Crippen LogP contribution in [0.2, 0.25) is 0 Å². The van der Waals surface area contributed by atoms with Gasteiger partial charge in [0.1, 0.15) is 11.5 Å². The van der Waals surface area contributed by atoms with Gasteiger partial charge in [-0.25, -0.2) is 0 Å². The number of hydrogen-bond donors (Lipinski definition) is 2. The zero-order chi connectivity index (χ0) is 22.5. The van der Waals surface area contributed by atoms with Crippen LogP contribution in [0.4, 0.5) is 0 Å². The third-order valence-corrected chi connectivity index (χ3v) is 7.27. The smallest absolute Gasteiger partial charge is 0.120 e. The number of nitrogens with zero attached hydrogens (tertiary/aromatic N) is 2. The van der Waals surface area contributed by atoms with Crippen molar-refractivity contribution >= 4 is 11.1 Å². The van der Waals surface area contributed by atoms with Crippen LogP contribution in [0, 0.1) is 0 Å². The number of piperidine rings is 2. The molecule has 0 aromatic heterocycles. The summed E-state index contributed by atoms with van der Waals surface area (Å²) in [5.74, 6) is 0.774. The van der Waals surface area contributed by atoms with Crippen molar-refractivity contribution in [3.8, 4) is 11.5 Å². The van der Waals surface area contributed by atoms with Crippen molar-refractivity contribution in [1.82, 2.24) is 9.80 Å². The second kappa shape index (κ2) is 10.5. The van der Waals surface area contributed by atoms with Crippen LogP contribution in [0.1, 0.15) is 74.6 Å². The maximum atomic E-state index is 10.5. The topological polar surface area (TPSA) is 46.9 Å². The van der Waals surface area contributed by atoms with Crippen LogP contribution in [0.5, 0.6) is 11.5 Å². The standard InChI is InChI=1S/C28H38N2O2/c1-21(23-9-11-27(31)25(17-23)19-29-13-5-3-6-14-29)22(2)24-10-12-28(32)26(18-24)20-30-15-7-4-8-16-30/h9-12,17-18,31-32H,3-8,13-16,19-20H2,1-2H3. The molecule has 0 unspecified atom stereocenters. The lowest BCUT2D eigenvalue weighted by atomic mass is 9.94. The summed E-state index contributed by atoms with van der Waals surface area (Å²) in [6.07, 6.45) is 7.63. The molecule has 4 heteroatoms. The molecule has 2 fully saturated rings. The fourth-order valence-electron chi connectivity index (χ4n) is 5.04. The molecule has 2 saturated heterocycles. The first-order valence-corrected chi connectivity index (χ1v) is 12.3. The van der Waals surface area contributed by atoms with Gasteiger partial charge in [-0.3, -0.25) is 9.80 Å². The molecule has 0 amide bonds. The molecule has 32 heavy (non-hydrogen) atoms. The highest BCUT2D eigenvalue weighted by atomic mass is 16.3. The van der Waals surface area contributed by atoms with E-state index in [0.29, 0.717) is 11.5 Å². The Labute approximate surface area is 193 Å². The van der Waals surface area contributed by atoms with Gasteiger partial charge in [-0.1, -0.05) is 25.0 Å². The number of allylic oxidation sites excluding steroid dienone is 2. The Hall–Kier alpha value is -2.30. The van der Waals surface area contributed by atoms with Gasteiger partial charge in [0.15, 0.2) is 0 Å². The maximum absolute atomic E-state index is 10.5. The molecule has 2 aromatic rings. The number of phenolic OH excluding ortho intramolecular Hbond substituents is 2. The van der Waals surface area contributed by atoms with Crippen molar-refractivity contribution in [2.45, 2.75) is 65.5 Å². The van der Waals surface area contributed by atoms with E-state index in [4.69, 9.17) is 0 Å². The molecule has 4 nitrogen and oxygen atoms in total. The molecule has 0 spiro atoms. The van der Waals surface area contributed by atoms with Crippen molar-refractivity contribution in [2.24, 2.45) is 0 Å². The summed E-state index contributed by atoms with van der Waals surface area (Å²) in [6.45, 7) is 10.4. The second-order valence-corrected chi connectivity index (χ2v) is 9.61. The number of phenols is 2. The van der Waals surface area contributed by atoms with Crippen molar-refractivity contribution in [3.63, 3.8) is 0 Å². The zero-order valence-corrected chi connectivity index (χ0v) is 19.7. The molecule has 0 aliphatic carbocycles. The minimum Gasteiger partial charge on any atom is -0.508 e. The summed E-state index contributed by atoms with van der Waals surface area (Å²) in [5, 5.41) is 20.9. The summed E-state index contributed by atoms with van der Waals surface area (Å²) in [7, 11) is 0. The van der Waals surface area contributed by atoms with Gasteiger partial charge in [0.2, 0.25) is 0 Å². The number of hydrogen-bond acceptors (Lipinski definition) is 4. The molecule has 0 saturated carbocycles. The van der Waals surface area contributed by atoms with E-state index in [0.717, 1.165) is 61.5 Å². The highest BCUT2D eigenvalue weighted by Gasteiger charge is 2.16. The molecule has 2 aromatic carbocycles. The summed E-state index contributed by atoms with van der Waals surface area (Å²) in [5.41, 5.74) is 6.73. The van der Waals surface area contributed by atoms with Crippen LogP contribution < -0.4 is 0 Å². The van der Waals surface area contributed by atoms with E-state index in [1.807, 2.05) is 24.3 Å². The minimum atomic E-state index is 0.387. The molecule has 0 atom stereocenters. The summed E-state index contributed by atoms with van der Waals surface area (Å²) in [6, 6.07) is 12.0. The number of rotatable bonds is 6. The normalized spacial score (nSPS) is 19.1. The number of aromatic hydroxyl groups is 2. The lowest BCUT2D eigenvalue weighted by Gasteiger charge is -2.27. The van der Waals surface area contributed by atoms with E-state index < -0.39 is 0 Å². The van der Waals surface area contributed by atoms with E-state index in [1.54, 1.807) is 0 Å². The molecular formula is C28H38N2O2. The van der Waals surface area contributed by atoms with Gasteiger partial charge in [-0.05, 0) is 112 Å². The van der Waals surface area contributed by atoms with Crippen molar-refractivity contribution < 1.29 is 10.2 Å². The van der Waals surface area contributed by atoms with Gasteiger partial charge in [0.25, 0.3) is 0 Å². The Morgan fingerprint density at radius 3 is 1.38 bits per heavy atom. The van der Waals surface area contributed by atoms with E-state index in [2.05, 4.69) is 35.8 Å². The van der Waals surface area contributed by atoms with E-state index in [1.165, 1.54) is 49.7 Å². The Morgan fingerprint density at radius 1 is 0.625 bits per heavy atom. The Morgan fingerprint density at radius 2 is 1.00 bits per heavy atom. The maximum Gasteiger partial charge on any atom is 0.120 e. The molecule has 2 heterocycles. The highest BCUT2D eigenvalue weighted by Crippen LogP contribution is 2.32.